The summed E-state index contributed by atoms with van der Waals surface area (Å²) in [5.74, 6) is 0.592. The number of likely N-dealkylation sites (N-methyl/N-ethyl adjacent to an activating group) is 1. The highest BCUT2D eigenvalue weighted by molar-refractivity contribution is 6.32. The van der Waals surface area contributed by atoms with E-state index in [0.29, 0.717) is 30.3 Å². The lowest BCUT2D eigenvalue weighted by atomic mass is 10.3. The fourth-order valence-electron chi connectivity index (χ4n) is 1.59. The van der Waals surface area contributed by atoms with Crippen LogP contribution in [0, 0.1) is 0 Å². The molecule has 0 saturated heterocycles. The molecule has 0 spiro atoms. The van der Waals surface area contributed by atoms with Gasteiger partial charge in [0.25, 0.3) is 0 Å². The van der Waals surface area contributed by atoms with E-state index >= 15 is 0 Å². The first kappa shape index (κ1) is 19.0. The fourth-order valence-corrected chi connectivity index (χ4v) is 1.78. The van der Waals surface area contributed by atoms with Crippen LogP contribution in [0.5, 0.6) is 5.75 Å². The first-order chi connectivity index (χ1) is 9.13. The van der Waals surface area contributed by atoms with Crippen molar-refractivity contribution in [3.05, 3.63) is 29.3 Å². The van der Waals surface area contributed by atoms with E-state index in [0.717, 1.165) is 6.54 Å². The minimum Gasteiger partial charge on any atom is -0.491 e. The molecular formula is C14H22Cl2N2O2. The fraction of sp³-hybridized carbons (Fsp3) is 0.500. The Morgan fingerprint density at radius 1 is 1.40 bits per heavy atom. The Kier molecular flexibility index (Phi) is 10.3. The molecular weight excluding hydrogens is 299 g/mol. The molecule has 0 aliphatic rings. The average Bonchev–Trinajstić information content (AvgIpc) is 2.39. The second kappa shape index (κ2) is 10.8. The molecule has 20 heavy (non-hydrogen) atoms. The predicted molar refractivity (Wildman–Crippen MR) is 85.0 cm³/mol. The molecule has 0 aromatic heterocycles. The lowest BCUT2D eigenvalue weighted by Crippen LogP contribution is -2.39. The van der Waals surface area contributed by atoms with Crippen molar-refractivity contribution in [2.45, 2.75) is 26.3 Å². The topological polar surface area (TPSA) is 50.4 Å². The van der Waals surface area contributed by atoms with E-state index < -0.39 is 0 Å². The Hall–Kier alpha value is -0.970. The van der Waals surface area contributed by atoms with E-state index in [4.69, 9.17) is 16.3 Å². The number of nitrogens with one attached hydrogen (secondary N) is 2. The quantitative estimate of drug-likeness (QED) is 0.774. The number of hydrogen-bond donors (Lipinski definition) is 2. The molecule has 1 rings (SSSR count). The van der Waals surface area contributed by atoms with Gasteiger partial charge < -0.3 is 15.4 Å². The number of para-hydroxylation sites is 1. The summed E-state index contributed by atoms with van der Waals surface area (Å²) < 4.78 is 5.45. The molecule has 1 aromatic rings. The number of ether oxygens (including phenoxy) is 1. The molecule has 1 amide bonds. The SMILES string of the molecule is CCN[C@H](C)CNC(=O)CCOc1ccccc1Cl.Cl. The zero-order valence-electron chi connectivity index (χ0n) is 11.8. The summed E-state index contributed by atoms with van der Waals surface area (Å²) in [5.41, 5.74) is 0. The van der Waals surface area contributed by atoms with Crippen LogP contribution in [0.1, 0.15) is 20.3 Å². The van der Waals surface area contributed by atoms with Crippen molar-refractivity contribution >= 4 is 29.9 Å². The van der Waals surface area contributed by atoms with Crippen LogP contribution in [0.15, 0.2) is 24.3 Å². The van der Waals surface area contributed by atoms with E-state index in [-0.39, 0.29) is 24.4 Å². The molecule has 0 radical (unpaired) electrons. The number of rotatable bonds is 8. The third-order valence-corrected chi connectivity index (χ3v) is 2.89. The van der Waals surface area contributed by atoms with Crippen molar-refractivity contribution in [3.63, 3.8) is 0 Å². The van der Waals surface area contributed by atoms with E-state index in [1.54, 1.807) is 12.1 Å². The van der Waals surface area contributed by atoms with Gasteiger partial charge in [0.15, 0.2) is 0 Å². The van der Waals surface area contributed by atoms with Gasteiger partial charge in [-0.25, -0.2) is 0 Å². The lowest BCUT2D eigenvalue weighted by molar-refractivity contribution is -0.121. The summed E-state index contributed by atoms with van der Waals surface area (Å²) >= 11 is 5.94. The van der Waals surface area contributed by atoms with Crippen molar-refractivity contribution < 1.29 is 9.53 Å². The highest BCUT2D eigenvalue weighted by atomic mass is 35.5. The summed E-state index contributed by atoms with van der Waals surface area (Å²) in [5, 5.41) is 6.64. The monoisotopic (exact) mass is 320 g/mol. The number of benzene rings is 1. The molecule has 6 heteroatoms. The highest BCUT2D eigenvalue weighted by Crippen LogP contribution is 2.22. The molecule has 0 fully saturated rings. The van der Waals surface area contributed by atoms with Crippen LogP contribution in [-0.2, 0) is 4.79 Å². The largest absolute Gasteiger partial charge is 0.491 e. The first-order valence-corrected chi connectivity index (χ1v) is 6.88. The smallest absolute Gasteiger partial charge is 0.223 e. The van der Waals surface area contributed by atoms with E-state index in [9.17, 15) is 4.79 Å². The summed E-state index contributed by atoms with van der Waals surface area (Å²) in [4.78, 5) is 11.6. The Bertz CT molecular complexity index is 403. The third kappa shape index (κ3) is 7.58. The van der Waals surface area contributed by atoms with Gasteiger partial charge >= 0.3 is 0 Å². The van der Waals surface area contributed by atoms with E-state index in [1.165, 1.54) is 0 Å². The van der Waals surface area contributed by atoms with Crippen LogP contribution in [0.3, 0.4) is 0 Å². The molecule has 4 nitrogen and oxygen atoms in total. The maximum absolute atomic E-state index is 11.6. The van der Waals surface area contributed by atoms with Gasteiger partial charge in [-0.1, -0.05) is 30.7 Å². The first-order valence-electron chi connectivity index (χ1n) is 6.51. The summed E-state index contributed by atoms with van der Waals surface area (Å²) in [7, 11) is 0. The van der Waals surface area contributed by atoms with Crippen LogP contribution >= 0.6 is 24.0 Å². The average molecular weight is 321 g/mol. The molecule has 0 unspecified atom stereocenters. The lowest BCUT2D eigenvalue weighted by Gasteiger charge is -2.13. The number of halogens is 2. The minimum atomic E-state index is -0.0168. The molecule has 0 aliphatic carbocycles. The van der Waals surface area contributed by atoms with Gasteiger partial charge in [-0.3, -0.25) is 4.79 Å². The molecule has 114 valence electrons. The summed E-state index contributed by atoms with van der Waals surface area (Å²) in [6.45, 7) is 5.91. The van der Waals surface area contributed by atoms with Crippen LogP contribution in [0.2, 0.25) is 5.02 Å². The third-order valence-electron chi connectivity index (χ3n) is 2.58. The van der Waals surface area contributed by atoms with Gasteiger partial charge in [0.1, 0.15) is 5.75 Å². The van der Waals surface area contributed by atoms with Gasteiger partial charge in [-0.15, -0.1) is 12.4 Å². The minimum absolute atomic E-state index is 0. The van der Waals surface area contributed by atoms with Gasteiger partial charge in [0.05, 0.1) is 18.1 Å². The summed E-state index contributed by atoms with van der Waals surface area (Å²) in [6, 6.07) is 7.50. The standard InChI is InChI=1S/C14H21ClN2O2.ClH/c1-3-16-11(2)10-17-14(18)8-9-19-13-7-5-4-6-12(13)15;/h4-7,11,16H,3,8-10H2,1-2H3,(H,17,18);1H/t11-;/m1./s1. The maximum Gasteiger partial charge on any atom is 0.223 e. The normalized spacial score (nSPS) is 11.3. The molecule has 2 N–H and O–H groups in total. The van der Waals surface area contributed by atoms with Crippen LogP contribution in [-0.4, -0.2) is 31.6 Å². The number of carbonyl (C=O) groups is 1. The second-order valence-corrected chi connectivity index (χ2v) is 4.70. The van der Waals surface area contributed by atoms with Gasteiger partial charge in [-0.2, -0.15) is 0 Å². The van der Waals surface area contributed by atoms with Crippen molar-refractivity contribution in [1.82, 2.24) is 10.6 Å². The predicted octanol–water partition coefficient (Wildman–Crippen LogP) is 2.64. The number of hydrogen-bond acceptors (Lipinski definition) is 3. The van der Waals surface area contributed by atoms with Crippen molar-refractivity contribution in [1.29, 1.82) is 0 Å². The molecule has 1 aromatic carbocycles. The maximum atomic E-state index is 11.6. The van der Waals surface area contributed by atoms with Gasteiger partial charge in [0.2, 0.25) is 5.91 Å². The van der Waals surface area contributed by atoms with Crippen LogP contribution in [0.25, 0.3) is 0 Å². The molecule has 0 heterocycles. The Labute approximate surface area is 131 Å². The molecule has 0 saturated carbocycles. The zero-order valence-corrected chi connectivity index (χ0v) is 13.4. The Morgan fingerprint density at radius 3 is 2.75 bits per heavy atom. The number of amides is 1. The highest BCUT2D eigenvalue weighted by Gasteiger charge is 2.05. The van der Waals surface area contributed by atoms with Gasteiger partial charge in [-0.05, 0) is 25.6 Å². The zero-order chi connectivity index (χ0) is 14.1. The molecule has 0 bridgehead atoms. The molecule has 0 aliphatic heterocycles. The van der Waals surface area contributed by atoms with Crippen LogP contribution < -0.4 is 15.4 Å². The van der Waals surface area contributed by atoms with Gasteiger partial charge in [0, 0.05) is 12.6 Å². The number of carbonyl (C=O) groups excluding carboxylic acids is 1. The van der Waals surface area contributed by atoms with Crippen molar-refractivity contribution in [2.24, 2.45) is 0 Å². The van der Waals surface area contributed by atoms with E-state index in [1.807, 2.05) is 26.0 Å². The van der Waals surface area contributed by atoms with Crippen LogP contribution in [0.4, 0.5) is 0 Å². The Morgan fingerprint density at radius 2 is 2.10 bits per heavy atom. The second-order valence-electron chi connectivity index (χ2n) is 4.29. The van der Waals surface area contributed by atoms with E-state index in [2.05, 4.69) is 10.6 Å². The van der Waals surface area contributed by atoms with Crippen molar-refractivity contribution in [2.75, 3.05) is 19.7 Å². The summed E-state index contributed by atoms with van der Waals surface area (Å²) in [6.07, 6.45) is 0.323. The Balaban J connectivity index is 0.00000361. The van der Waals surface area contributed by atoms with Crippen molar-refractivity contribution in [3.8, 4) is 5.75 Å². The molecule has 1 atom stereocenters.